The number of hydrazine groups is 1. The van der Waals surface area contributed by atoms with Crippen LogP contribution in [0.5, 0.6) is 0 Å². The topological polar surface area (TPSA) is 61.4 Å². The van der Waals surface area contributed by atoms with E-state index in [1.165, 1.54) is 12.1 Å². The number of alkyl halides is 3. The molecule has 1 aromatic rings. The molecule has 2 rings (SSSR count). The van der Waals surface area contributed by atoms with Gasteiger partial charge in [0.2, 0.25) is 0 Å². The standard InChI is InChI=1S/C13H15F3N2O2S/c14-13(15,16)9-2-1-3-10(8-9)17-18-11(19)12(20)4-6-21-7-5-12/h1-3,8,17,20H,4-7H2,(H,18,19). The van der Waals surface area contributed by atoms with Gasteiger partial charge < -0.3 is 5.11 Å². The minimum Gasteiger partial charge on any atom is -0.380 e. The minimum absolute atomic E-state index is 0.104. The number of amides is 1. The average molecular weight is 320 g/mol. The number of thioether (sulfide) groups is 1. The zero-order valence-electron chi connectivity index (χ0n) is 11.0. The van der Waals surface area contributed by atoms with E-state index >= 15 is 0 Å². The summed E-state index contributed by atoms with van der Waals surface area (Å²) in [5, 5.41) is 10.2. The van der Waals surface area contributed by atoms with Gasteiger partial charge in [-0.3, -0.25) is 15.6 Å². The molecule has 116 valence electrons. The van der Waals surface area contributed by atoms with Gasteiger partial charge in [0.1, 0.15) is 5.60 Å². The van der Waals surface area contributed by atoms with Gasteiger partial charge in [0, 0.05) is 0 Å². The number of rotatable bonds is 3. The first-order valence-electron chi connectivity index (χ1n) is 6.35. The van der Waals surface area contributed by atoms with Crippen molar-refractivity contribution in [3.05, 3.63) is 29.8 Å². The Balaban J connectivity index is 1.98. The van der Waals surface area contributed by atoms with Crippen molar-refractivity contribution in [1.29, 1.82) is 0 Å². The maximum atomic E-state index is 12.6. The highest BCUT2D eigenvalue weighted by molar-refractivity contribution is 7.99. The summed E-state index contributed by atoms with van der Waals surface area (Å²) in [6.45, 7) is 0. The van der Waals surface area contributed by atoms with Crippen LogP contribution in [-0.2, 0) is 11.0 Å². The molecule has 0 aliphatic carbocycles. The number of halogens is 3. The van der Waals surface area contributed by atoms with Crippen molar-refractivity contribution in [2.45, 2.75) is 24.6 Å². The zero-order valence-corrected chi connectivity index (χ0v) is 11.9. The lowest BCUT2D eigenvalue weighted by Gasteiger charge is -2.30. The van der Waals surface area contributed by atoms with Gasteiger partial charge in [-0.15, -0.1) is 0 Å². The van der Waals surface area contributed by atoms with Crippen molar-refractivity contribution in [1.82, 2.24) is 5.43 Å². The molecule has 1 aliphatic heterocycles. The van der Waals surface area contributed by atoms with E-state index in [0.717, 1.165) is 12.1 Å². The second kappa shape index (κ2) is 6.15. The van der Waals surface area contributed by atoms with Crippen LogP contribution in [0.3, 0.4) is 0 Å². The lowest BCUT2D eigenvalue weighted by molar-refractivity contribution is -0.139. The Morgan fingerprint density at radius 1 is 1.29 bits per heavy atom. The van der Waals surface area contributed by atoms with Crippen LogP contribution in [0.15, 0.2) is 24.3 Å². The van der Waals surface area contributed by atoms with Crippen LogP contribution >= 0.6 is 11.8 Å². The number of hydrogen-bond acceptors (Lipinski definition) is 4. The molecule has 1 aliphatic rings. The molecule has 21 heavy (non-hydrogen) atoms. The predicted molar refractivity (Wildman–Crippen MR) is 74.7 cm³/mol. The SMILES string of the molecule is O=C(NNc1cccc(C(F)(F)F)c1)C1(O)CCSCC1. The Bertz CT molecular complexity index is 516. The van der Waals surface area contributed by atoms with Crippen LogP contribution in [0.1, 0.15) is 18.4 Å². The molecule has 0 spiro atoms. The summed E-state index contributed by atoms with van der Waals surface area (Å²) >= 11 is 1.65. The van der Waals surface area contributed by atoms with E-state index in [9.17, 15) is 23.1 Å². The summed E-state index contributed by atoms with van der Waals surface area (Å²) in [7, 11) is 0. The van der Waals surface area contributed by atoms with Crippen LogP contribution < -0.4 is 10.9 Å². The van der Waals surface area contributed by atoms with Crippen molar-refractivity contribution in [2.24, 2.45) is 0 Å². The van der Waals surface area contributed by atoms with Crippen molar-refractivity contribution >= 4 is 23.4 Å². The molecule has 0 unspecified atom stereocenters. The monoisotopic (exact) mass is 320 g/mol. The van der Waals surface area contributed by atoms with E-state index in [1.54, 1.807) is 11.8 Å². The van der Waals surface area contributed by atoms with Gasteiger partial charge in [-0.2, -0.15) is 24.9 Å². The van der Waals surface area contributed by atoms with E-state index < -0.39 is 23.2 Å². The molecule has 4 nitrogen and oxygen atoms in total. The van der Waals surface area contributed by atoms with E-state index in [2.05, 4.69) is 10.9 Å². The summed E-state index contributed by atoms with van der Waals surface area (Å²) in [5.41, 5.74) is 2.52. The molecule has 8 heteroatoms. The lowest BCUT2D eigenvalue weighted by atomic mass is 9.96. The van der Waals surface area contributed by atoms with Crippen LogP contribution in [-0.4, -0.2) is 28.1 Å². The van der Waals surface area contributed by atoms with Crippen molar-refractivity contribution in [2.75, 3.05) is 16.9 Å². The van der Waals surface area contributed by atoms with Gasteiger partial charge in [-0.25, -0.2) is 0 Å². The summed E-state index contributed by atoms with van der Waals surface area (Å²) in [5.74, 6) is 0.723. The average Bonchev–Trinajstić information content (AvgIpc) is 2.45. The summed E-state index contributed by atoms with van der Waals surface area (Å²) in [4.78, 5) is 11.9. The third kappa shape index (κ3) is 4.04. The molecule has 0 atom stereocenters. The molecule has 0 saturated carbocycles. The molecule has 0 aromatic heterocycles. The Labute approximate surface area is 124 Å². The molecular weight excluding hydrogens is 305 g/mol. The number of nitrogens with one attached hydrogen (secondary N) is 2. The molecule has 0 bridgehead atoms. The molecule has 1 amide bonds. The zero-order chi connectivity index (χ0) is 15.5. The number of benzene rings is 1. The summed E-state index contributed by atoms with van der Waals surface area (Å²) in [6, 6.07) is 4.47. The number of anilines is 1. The van der Waals surface area contributed by atoms with Gasteiger partial charge in [0.05, 0.1) is 11.3 Å². The number of aliphatic hydroxyl groups is 1. The maximum Gasteiger partial charge on any atom is 0.416 e. The second-order valence-electron chi connectivity index (χ2n) is 4.80. The van der Waals surface area contributed by atoms with Crippen molar-refractivity contribution in [3.63, 3.8) is 0 Å². The van der Waals surface area contributed by atoms with E-state index in [1.807, 2.05) is 0 Å². The molecule has 0 radical (unpaired) electrons. The molecular formula is C13H15F3N2O2S. The first-order valence-corrected chi connectivity index (χ1v) is 7.51. The highest BCUT2D eigenvalue weighted by Gasteiger charge is 2.37. The van der Waals surface area contributed by atoms with Crippen molar-refractivity contribution in [3.8, 4) is 0 Å². The van der Waals surface area contributed by atoms with Crippen LogP contribution in [0, 0.1) is 0 Å². The Hall–Kier alpha value is -1.41. The third-order valence-electron chi connectivity index (χ3n) is 3.25. The van der Waals surface area contributed by atoms with Gasteiger partial charge >= 0.3 is 6.18 Å². The maximum absolute atomic E-state index is 12.6. The molecule has 1 fully saturated rings. The fourth-order valence-electron chi connectivity index (χ4n) is 1.95. The molecule has 1 saturated heterocycles. The number of carbonyl (C=O) groups excluding carboxylic acids is 1. The second-order valence-corrected chi connectivity index (χ2v) is 6.03. The Kier molecular flexibility index (Phi) is 4.67. The molecule has 1 heterocycles. The van der Waals surface area contributed by atoms with Gasteiger partial charge in [-0.05, 0) is 42.5 Å². The predicted octanol–water partition coefficient (Wildman–Crippen LogP) is 2.41. The van der Waals surface area contributed by atoms with E-state index in [4.69, 9.17) is 0 Å². The lowest BCUT2D eigenvalue weighted by Crippen LogP contribution is -2.50. The highest BCUT2D eigenvalue weighted by atomic mass is 32.2. The first kappa shape index (κ1) is 16.0. The normalized spacial score (nSPS) is 18.1. The fourth-order valence-corrected chi connectivity index (χ4v) is 3.12. The third-order valence-corrected chi connectivity index (χ3v) is 4.24. The quantitative estimate of drug-likeness (QED) is 0.749. The minimum atomic E-state index is -4.44. The van der Waals surface area contributed by atoms with Gasteiger partial charge in [0.25, 0.3) is 5.91 Å². The smallest absolute Gasteiger partial charge is 0.380 e. The highest BCUT2D eigenvalue weighted by Crippen LogP contribution is 2.30. The first-order chi connectivity index (χ1) is 9.81. The molecule has 3 N–H and O–H groups in total. The Morgan fingerprint density at radius 2 is 1.95 bits per heavy atom. The van der Waals surface area contributed by atoms with Crippen LogP contribution in [0.4, 0.5) is 18.9 Å². The van der Waals surface area contributed by atoms with Gasteiger partial charge in [0.15, 0.2) is 0 Å². The van der Waals surface area contributed by atoms with Crippen molar-refractivity contribution < 1.29 is 23.1 Å². The molecule has 1 aromatic carbocycles. The number of carbonyl (C=O) groups is 1. The summed E-state index contributed by atoms with van der Waals surface area (Å²) < 4.78 is 37.7. The fraction of sp³-hybridized carbons (Fsp3) is 0.462. The number of hydrogen-bond donors (Lipinski definition) is 3. The largest absolute Gasteiger partial charge is 0.416 e. The van der Waals surface area contributed by atoms with Crippen LogP contribution in [0.2, 0.25) is 0 Å². The van der Waals surface area contributed by atoms with Crippen LogP contribution in [0.25, 0.3) is 0 Å². The van der Waals surface area contributed by atoms with E-state index in [-0.39, 0.29) is 5.69 Å². The summed E-state index contributed by atoms with van der Waals surface area (Å²) in [6.07, 6.45) is -3.79. The van der Waals surface area contributed by atoms with Gasteiger partial charge in [-0.1, -0.05) is 6.07 Å². The Morgan fingerprint density at radius 3 is 2.57 bits per heavy atom. The van der Waals surface area contributed by atoms with E-state index in [0.29, 0.717) is 24.3 Å².